The van der Waals surface area contributed by atoms with E-state index in [0.717, 1.165) is 30.9 Å². The Hall–Kier alpha value is -2.10. The summed E-state index contributed by atoms with van der Waals surface area (Å²) in [5.74, 6) is 0.692. The molecule has 2 aromatic rings. The van der Waals surface area contributed by atoms with Crippen molar-refractivity contribution in [2.45, 2.75) is 46.1 Å². The van der Waals surface area contributed by atoms with Gasteiger partial charge < -0.3 is 5.32 Å². The summed E-state index contributed by atoms with van der Waals surface area (Å²) in [5.41, 5.74) is 4.55. The van der Waals surface area contributed by atoms with Gasteiger partial charge in [-0.3, -0.25) is 9.48 Å². The predicted molar refractivity (Wildman–Crippen MR) is 87.9 cm³/mol. The number of amides is 1. The first-order valence-corrected chi connectivity index (χ1v) is 8.08. The summed E-state index contributed by atoms with van der Waals surface area (Å²) in [6, 6.07) is 7.99. The van der Waals surface area contributed by atoms with E-state index in [9.17, 15) is 4.79 Å². The van der Waals surface area contributed by atoms with Crippen molar-refractivity contribution in [3.63, 3.8) is 0 Å². The molecule has 1 N–H and O–H groups in total. The molecule has 0 fully saturated rings. The van der Waals surface area contributed by atoms with Crippen molar-refractivity contribution in [1.82, 2.24) is 9.78 Å². The Morgan fingerprint density at radius 1 is 1.45 bits per heavy atom. The van der Waals surface area contributed by atoms with Crippen LogP contribution in [-0.4, -0.2) is 15.7 Å². The summed E-state index contributed by atoms with van der Waals surface area (Å²) in [6.07, 6.45) is 6.31. The molecular weight excluding hydrogens is 274 g/mol. The SMILES string of the molecule is CCc1cccc(NC(=O)Cn2cc3c(n2)CCC(C)C3)c1. The third kappa shape index (κ3) is 3.38. The second-order valence-corrected chi connectivity index (χ2v) is 6.25. The highest BCUT2D eigenvalue weighted by atomic mass is 16.2. The molecule has 116 valence electrons. The van der Waals surface area contributed by atoms with Gasteiger partial charge in [0.05, 0.1) is 5.69 Å². The molecule has 22 heavy (non-hydrogen) atoms. The number of anilines is 1. The van der Waals surface area contributed by atoms with Crippen LogP contribution in [0.2, 0.25) is 0 Å². The van der Waals surface area contributed by atoms with Crippen LogP contribution in [0.25, 0.3) is 0 Å². The quantitative estimate of drug-likeness (QED) is 0.942. The third-order valence-corrected chi connectivity index (χ3v) is 4.29. The highest BCUT2D eigenvalue weighted by molar-refractivity contribution is 5.90. The first kappa shape index (κ1) is 14.8. The lowest BCUT2D eigenvalue weighted by Gasteiger charge is -2.15. The van der Waals surface area contributed by atoms with Gasteiger partial charge in [-0.15, -0.1) is 0 Å². The lowest BCUT2D eigenvalue weighted by molar-refractivity contribution is -0.116. The first-order valence-electron chi connectivity index (χ1n) is 8.08. The molecule has 1 aliphatic carbocycles. The molecular formula is C18H23N3O. The summed E-state index contributed by atoms with van der Waals surface area (Å²) in [6.45, 7) is 4.65. The molecule has 1 aromatic carbocycles. The molecule has 1 unspecified atom stereocenters. The van der Waals surface area contributed by atoms with Crippen molar-refractivity contribution in [3.05, 3.63) is 47.3 Å². The minimum absolute atomic E-state index is 0.0267. The maximum absolute atomic E-state index is 12.2. The number of fused-ring (bicyclic) bond motifs is 1. The van der Waals surface area contributed by atoms with Crippen LogP contribution in [0.3, 0.4) is 0 Å². The summed E-state index contributed by atoms with van der Waals surface area (Å²) in [4.78, 5) is 12.2. The topological polar surface area (TPSA) is 46.9 Å². The standard InChI is InChI=1S/C18H23N3O/c1-3-14-5-4-6-16(10-14)19-18(22)12-21-11-15-9-13(2)7-8-17(15)20-21/h4-6,10-11,13H,3,7-9,12H2,1-2H3,(H,19,22). The maximum atomic E-state index is 12.2. The number of nitrogens with one attached hydrogen (secondary N) is 1. The van der Waals surface area contributed by atoms with E-state index in [1.165, 1.54) is 23.2 Å². The Balaban J connectivity index is 1.64. The largest absolute Gasteiger partial charge is 0.324 e. The molecule has 1 atom stereocenters. The summed E-state index contributed by atoms with van der Waals surface area (Å²) < 4.78 is 1.78. The number of benzene rings is 1. The van der Waals surface area contributed by atoms with E-state index in [1.54, 1.807) is 4.68 Å². The molecule has 4 nitrogen and oxygen atoms in total. The number of aryl methyl sites for hydroxylation is 2. The monoisotopic (exact) mass is 297 g/mol. The zero-order valence-electron chi connectivity index (χ0n) is 13.3. The second-order valence-electron chi connectivity index (χ2n) is 6.25. The van der Waals surface area contributed by atoms with Gasteiger partial charge in [0.25, 0.3) is 0 Å². The van der Waals surface area contributed by atoms with E-state index in [2.05, 4.69) is 30.3 Å². The number of carbonyl (C=O) groups is 1. The molecule has 0 saturated heterocycles. The van der Waals surface area contributed by atoms with E-state index in [-0.39, 0.29) is 12.5 Å². The van der Waals surface area contributed by atoms with Crippen LogP contribution in [0.1, 0.15) is 37.1 Å². The number of aromatic nitrogens is 2. The highest BCUT2D eigenvalue weighted by Gasteiger charge is 2.19. The minimum atomic E-state index is -0.0267. The zero-order chi connectivity index (χ0) is 15.5. The fourth-order valence-corrected chi connectivity index (χ4v) is 3.04. The van der Waals surface area contributed by atoms with Gasteiger partial charge in [0, 0.05) is 11.9 Å². The number of carbonyl (C=O) groups excluding carboxylic acids is 1. The van der Waals surface area contributed by atoms with Crippen molar-refractivity contribution in [3.8, 4) is 0 Å². The van der Waals surface area contributed by atoms with Crippen molar-refractivity contribution >= 4 is 11.6 Å². The van der Waals surface area contributed by atoms with E-state index in [1.807, 2.05) is 24.4 Å². The molecule has 0 bridgehead atoms. The van der Waals surface area contributed by atoms with Gasteiger partial charge in [-0.1, -0.05) is 26.0 Å². The van der Waals surface area contributed by atoms with Crippen LogP contribution in [0, 0.1) is 5.92 Å². The molecule has 1 heterocycles. The molecule has 0 saturated carbocycles. The van der Waals surface area contributed by atoms with Gasteiger partial charge >= 0.3 is 0 Å². The lowest BCUT2D eigenvalue weighted by Crippen LogP contribution is -2.19. The summed E-state index contributed by atoms with van der Waals surface area (Å²) in [7, 11) is 0. The van der Waals surface area contributed by atoms with Gasteiger partial charge in [-0.05, 0) is 54.9 Å². The molecule has 0 spiro atoms. The highest BCUT2D eigenvalue weighted by Crippen LogP contribution is 2.23. The van der Waals surface area contributed by atoms with E-state index < -0.39 is 0 Å². The number of nitrogens with zero attached hydrogens (tertiary/aromatic N) is 2. The van der Waals surface area contributed by atoms with Gasteiger partial charge in [-0.2, -0.15) is 5.10 Å². The normalized spacial score (nSPS) is 17.1. The Morgan fingerprint density at radius 2 is 2.32 bits per heavy atom. The molecule has 1 aromatic heterocycles. The second kappa shape index (κ2) is 6.34. The Bertz CT molecular complexity index is 675. The zero-order valence-corrected chi connectivity index (χ0v) is 13.3. The van der Waals surface area contributed by atoms with Gasteiger partial charge in [-0.25, -0.2) is 0 Å². The van der Waals surface area contributed by atoms with Gasteiger partial charge in [0.15, 0.2) is 0 Å². The number of hydrogen-bond acceptors (Lipinski definition) is 2. The third-order valence-electron chi connectivity index (χ3n) is 4.29. The lowest BCUT2D eigenvalue weighted by atomic mass is 9.89. The van der Waals surface area contributed by atoms with Crippen LogP contribution < -0.4 is 5.32 Å². The molecule has 3 rings (SSSR count). The van der Waals surface area contributed by atoms with Crippen molar-refractivity contribution in [2.24, 2.45) is 5.92 Å². The summed E-state index contributed by atoms with van der Waals surface area (Å²) in [5, 5.41) is 7.51. The fraction of sp³-hybridized carbons (Fsp3) is 0.444. The maximum Gasteiger partial charge on any atom is 0.246 e. The van der Waals surface area contributed by atoms with Crippen molar-refractivity contribution in [1.29, 1.82) is 0 Å². The molecule has 1 amide bonds. The van der Waals surface area contributed by atoms with Crippen LogP contribution >= 0.6 is 0 Å². The van der Waals surface area contributed by atoms with Crippen LogP contribution in [0.15, 0.2) is 30.5 Å². The van der Waals surface area contributed by atoms with Gasteiger partial charge in [0.2, 0.25) is 5.91 Å². The van der Waals surface area contributed by atoms with Crippen LogP contribution in [0.5, 0.6) is 0 Å². The average Bonchev–Trinajstić information content (AvgIpc) is 2.88. The van der Waals surface area contributed by atoms with Crippen LogP contribution in [-0.2, 0) is 30.6 Å². The first-order chi connectivity index (χ1) is 10.6. The average molecular weight is 297 g/mol. The Kier molecular flexibility index (Phi) is 4.27. The van der Waals surface area contributed by atoms with Crippen LogP contribution in [0.4, 0.5) is 5.69 Å². The summed E-state index contributed by atoms with van der Waals surface area (Å²) >= 11 is 0. The van der Waals surface area contributed by atoms with Crippen molar-refractivity contribution in [2.75, 3.05) is 5.32 Å². The van der Waals surface area contributed by atoms with E-state index in [0.29, 0.717) is 0 Å². The molecule has 0 aliphatic heterocycles. The smallest absolute Gasteiger partial charge is 0.246 e. The minimum Gasteiger partial charge on any atom is -0.324 e. The Morgan fingerprint density at radius 3 is 3.14 bits per heavy atom. The van der Waals surface area contributed by atoms with Crippen molar-refractivity contribution < 1.29 is 4.79 Å². The predicted octanol–water partition coefficient (Wildman–Crippen LogP) is 3.21. The Labute approximate surface area is 131 Å². The van der Waals surface area contributed by atoms with E-state index >= 15 is 0 Å². The fourth-order valence-electron chi connectivity index (χ4n) is 3.04. The number of rotatable bonds is 4. The molecule has 4 heteroatoms. The molecule has 1 aliphatic rings. The van der Waals surface area contributed by atoms with Gasteiger partial charge in [0.1, 0.15) is 6.54 Å². The number of hydrogen-bond donors (Lipinski definition) is 1. The van der Waals surface area contributed by atoms with E-state index in [4.69, 9.17) is 0 Å². The molecule has 0 radical (unpaired) electrons.